The predicted molar refractivity (Wildman–Crippen MR) is 154 cm³/mol. The largest absolute Gasteiger partial charge is 0.427 e. The Morgan fingerprint density at radius 1 is 1.20 bits per heavy atom. The van der Waals surface area contributed by atoms with Crippen molar-refractivity contribution in [3.05, 3.63) is 35.2 Å². The molecule has 0 radical (unpaired) electrons. The van der Waals surface area contributed by atoms with Crippen molar-refractivity contribution in [2.45, 2.75) is 84.2 Å². The number of imidazole rings is 1. The molecular formula is C29H38ClN7O3. The van der Waals surface area contributed by atoms with Crippen molar-refractivity contribution in [3.8, 4) is 11.3 Å². The van der Waals surface area contributed by atoms with Crippen molar-refractivity contribution in [3.63, 3.8) is 0 Å². The maximum Gasteiger partial charge on any atom is 0.427 e. The third kappa shape index (κ3) is 5.24. The van der Waals surface area contributed by atoms with Crippen LogP contribution in [0.1, 0.15) is 71.7 Å². The first kappa shape index (κ1) is 27.2. The van der Waals surface area contributed by atoms with Crippen molar-refractivity contribution in [1.82, 2.24) is 30.3 Å². The lowest BCUT2D eigenvalue weighted by Crippen LogP contribution is -2.37. The average molecular weight is 568 g/mol. The van der Waals surface area contributed by atoms with Gasteiger partial charge in [-0.3, -0.25) is 10.3 Å². The van der Waals surface area contributed by atoms with Gasteiger partial charge < -0.3 is 19.4 Å². The molecule has 3 N–H and O–H groups in total. The highest BCUT2D eigenvalue weighted by Crippen LogP contribution is 2.40. The van der Waals surface area contributed by atoms with Crippen LogP contribution in [-0.2, 0) is 11.4 Å². The van der Waals surface area contributed by atoms with Crippen LogP contribution in [0, 0.1) is 17.8 Å². The van der Waals surface area contributed by atoms with E-state index in [4.69, 9.17) is 26.4 Å². The third-order valence-corrected chi connectivity index (χ3v) is 8.90. The van der Waals surface area contributed by atoms with Crippen LogP contribution in [0.2, 0.25) is 5.02 Å². The second-order valence-corrected chi connectivity index (χ2v) is 13.0. The van der Waals surface area contributed by atoms with E-state index >= 15 is 0 Å². The summed E-state index contributed by atoms with van der Waals surface area (Å²) < 4.78 is 2.32. The highest BCUT2D eigenvalue weighted by atomic mass is 35.5. The predicted octanol–water partition coefficient (Wildman–Crippen LogP) is 5.20. The van der Waals surface area contributed by atoms with Crippen LogP contribution in [0.4, 0.5) is 10.7 Å². The maximum atomic E-state index is 11.8. The lowest BCUT2D eigenvalue weighted by atomic mass is 9.83. The number of amides is 1. The zero-order valence-electron chi connectivity index (χ0n) is 23.5. The minimum atomic E-state index is -0.809. The van der Waals surface area contributed by atoms with Gasteiger partial charge in [0.25, 0.3) is 0 Å². The average Bonchev–Trinajstić information content (AvgIpc) is 3.59. The van der Waals surface area contributed by atoms with Crippen LogP contribution in [-0.4, -0.2) is 48.9 Å². The van der Waals surface area contributed by atoms with Gasteiger partial charge in [0.15, 0.2) is 6.17 Å². The quantitative estimate of drug-likeness (QED) is 0.372. The molecule has 0 bridgehead atoms. The number of aromatic nitrogens is 4. The number of carbonyl (C=O) groups is 1. The molecule has 1 unspecified atom stereocenters. The second-order valence-electron chi connectivity index (χ2n) is 12.5. The van der Waals surface area contributed by atoms with E-state index in [1.807, 2.05) is 19.1 Å². The van der Waals surface area contributed by atoms with Gasteiger partial charge in [0.2, 0.25) is 5.95 Å². The molecule has 10 nitrogen and oxygen atoms in total. The van der Waals surface area contributed by atoms with E-state index in [9.17, 15) is 9.90 Å². The number of hydrogen-bond donors (Lipinski definition) is 3. The summed E-state index contributed by atoms with van der Waals surface area (Å²) in [6.07, 6.45) is 7.64. The fourth-order valence-electron chi connectivity index (χ4n) is 6.56. The van der Waals surface area contributed by atoms with Gasteiger partial charge in [-0.2, -0.15) is 0 Å². The van der Waals surface area contributed by atoms with E-state index in [1.165, 1.54) is 25.7 Å². The molecule has 40 heavy (non-hydrogen) atoms. The number of pyridine rings is 2. The van der Waals surface area contributed by atoms with Gasteiger partial charge in [-0.1, -0.05) is 45.2 Å². The Kier molecular flexibility index (Phi) is 7.13. The van der Waals surface area contributed by atoms with Crippen LogP contribution >= 0.6 is 11.6 Å². The summed E-state index contributed by atoms with van der Waals surface area (Å²) in [6.45, 7) is 9.96. The van der Waals surface area contributed by atoms with E-state index in [-0.39, 0.29) is 6.04 Å². The number of rotatable bonds is 6. The lowest BCUT2D eigenvalue weighted by Gasteiger charge is -2.31. The Morgan fingerprint density at radius 2 is 1.98 bits per heavy atom. The number of hydroxylamine groups is 1. The Labute approximate surface area is 239 Å². The minimum absolute atomic E-state index is 0.143. The topological polar surface area (TPSA) is 117 Å². The number of β-amino-alcohol motifs (C(OH)–C–C–N with tert-alkyl or cyclic N) is 1. The minimum Gasteiger partial charge on any atom is -0.388 e. The molecule has 1 saturated carbocycles. The van der Waals surface area contributed by atoms with E-state index < -0.39 is 17.9 Å². The van der Waals surface area contributed by atoms with Crippen molar-refractivity contribution in [1.29, 1.82) is 0 Å². The first-order chi connectivity index (χ1) is 19.1. The number of halogens is 1. The normalized spacial score (nSPS) is 28.9. The number of hydrogen-bond acceptors (Lipinski definition) is 8. The molecule has 3 atom stereocenters. The lowest BCUT2D eigenvalue weighted by molar-refractivity contribution is 0.0784. The van der Waals surface area contributed by atoms with Gasteiger partial charge >= 0.3 is 6.09 Å². The summed E-state index contributed by atoms with van der Waals surface area (Å²) >= 11 is 6.40. The van der Waals surface area contributed by atoms with Crippen LogP contribution in [0.3, 0.4) is 0 Å². The van der Waals surface area contributed by atoms with Crippen molar-refractivity contribution < 1.29 is 14.7 Å². The summed E-state index contributed by atoms with van der Waals surface area (Å²) in [5.74, 6) is 2.45. The van der Waals surface area contributed by atoms with Crippen molar-refractivity contribution >= 4 is 34.7 Å². The third-order valence-electron chi connectivity index (χ3n) is 8.69. The maximum absolute atomic E-state index is 11.8. The summed E-state index contributed by atoms with van der Waals surface area (Å²) in [4.78, 5) is 33.7. The molecule has 0 spiro atoms. The van der Waals surface area contributed by atoms with E-state index in [2.05, 4.69) is 46.0 Å². The number of aliphatic hydroxyl groups is 1. The molecule has 1 aliphatic carbocycles. The molecule has 1 amide bonds. The zero-order chi connectivity index (χ0) is 28.2. The Morgan fingerprint density at radius 3 is 2.65 bits per heavy atom. The first-order valence-electron chi connectivity index (χ1n) is 14.3. The van der Waals surface area contributed by atoms with Gasteiger partial charge in [0, 0.05) is 37.1 Å². The zero-order valence-corrected chi connectivity index (χ0v) is 24.3. The number of nitrogens with one attached hydrogen (secondary N) is 2. The molecule has 5 heterocycles. The SMILES string of the molecule is CC1CCC(Cn2c(N3C[C@@](C)(O)C[C@H]3C(C)C)nc3cc(C4NOC(=O)N4)nc(-c4cncc(Cl)c4)c32)CC1. The van der Waals surface area contributed by atoms with Gasteiger partial charge in [-0.05, 0) is 56.1 Å². The smallest absolute Gasteiger partial charge is 0.388 e. The van der Waals surface area contributed by atoms with E-state index in [1.54, 1.807) is 12.4 Å². The number of anilines is 1. The van der Waals surface area contributed by atoms with Crippen LogP contribution in [0.5, 0.6) is 0 Å². The van der Waals surface area contributed by atoms with Gasteiger partial charge in [-0.25, -0.2) is 14.8 Å². The van der Waals surface area contributed by atoms with E-state index in [0.717, 1.165) is 35.0 Å². The van der Waals surface area contributed by atoms with Crippen LogP contribution < -0.4 is 15.7 Å². The summed E-state index contributed by atoms with van der Waals surface area (Å²) in [5, 5.41) is 14.4. The molecule has 3 fully saturated rings. The molecular weight excluding hydrogens is 530 g/mol. The summed E-state index contributed by atoms with van der Waals surface area (Å²) in [7, 11) is 0. The molecule has 214 valence electrons. The summed E-state index contributed by atoms with van der Waals surface area (Å²) in [6, 6.07) is 3.91. The molecule has 11 heteroatoms. The van der Waals surface area contributed by atoms with Crippen LogP contribution in [0.15, 0.2) is 24.5 Å². The number of carbonyl (C=O) groups excluding carboxylic acids is 1. The molecule has 3 aromatic rings. The van der Waals surface area contributed by atoms with E-state index in [0.29, 0.717) is 41.2 Å². The standard InChI is InChI=1S/C29H38ClN7O3/c1-16(2)23-11-29(4,39)15-37(23)27-33-21-10-22(26-34-28(38)40-35-26)32-24(19-9-20(30)13-31-12-19)25(21)36(27)14-18-7-5-17(3)6-8-18/h9-10,12-13,16-18,23,26,35,39H,5-8,11,14-15H2,1-4H3,(H,34,38)/t17?,18?,23-,26?,29-/m0/s1. The number of nitrogens with zero attached hydrogens (tertiary/aromatic N) is 5. The second kappa shape index (κ2) is 10.5. The molecule has 3 aliphatic rings. The molecule has 2 saturated heterocycles. The van der Waals surface area contributed by atoms with Crippen molar-refractivity contribution in [2.75, 3.05) is 11.4 Å². The highest BCUT2D eigenvalue weighted by Gasteiger charge is 2.43. The monoisotopic (exact) mass is 567 g/mol. The molecule has 3 aromatic heterocycles. The Balaban J connectivity index is 1.56. The van der Waals surface area contributed by atoms with Crippen LogP contribution in [0.25, 0.3) is 22.3 Å². The van der Waals surface area contributed by atoms with Crippen molar-refractivity contribution in [2.24, 2.45) is 17.8 Å². The fraction of sp³-hybridized carbons (Fsp3) is 0.586. The molecule has 2 aliphatic heterocycles. The van der Waals surface area contributed by atoms with Gasteiger partial charge in [-0.15, -0.1) is 5.48 Å². The Hall–Kier alpha value is -2.95. The highest BCUT2D eigenvalue weighted by molar-refractivity contribution is 6.30. The molecule has 6 rings (SSSR count). The first-order valence-corrected chi connectivity index (χ1v) is 14.7. The Bertz CT molecular complexity index is 1420. The number of fused-ring (bicyclic) bond motifs is 1. The van der Waals surface area contributed by atoms with Gasteiger partial charge in [0.05, 0.1) is 33.0 Å². The molecule has 0 aromatic carbocycles. The summed E-state index contributed by atoms with van der Waals surface area (Å²) in [5.41, 5.74) is 5.60. The fourth-order valence-corrected chi connectivity index (χ4v) is 6.74. The van der Waals surface area contributed by atoms with Gasteiger partial charge in [0.1, 0.15) is 0 Å².